The van der Waals surface area contributed by atoms with Crippen molar-refractivity contribution >= 4 is 17.1 Å². The third-order valence-electron chi connectivity index (χ3n) is 3.94. The van der Waals surface area contributed by atoms with Crippen molar-refractivity contribution in [3.63, 3.8) is 0 Å². The number of likely N-dealkylation sites (tertiary alicyclic amines) is 1. The summed E-state index contributed by atoms with van der Waals surface area (Å²) in [5.41, 5.74) is 0.777. The van der Waals surface area contributed by atoms with Gasteiger partial charge in [-0.2, -0.15) is 0 Å². The van der Waals surface area contributed by atoms with E-state index in [-0.39, 0.29) is 5.88 Å². The molecule has 0 radical (unpaired) electrons. The van der Waals surface area contributed by atoms with Crippen LogP contribution in [0.3, 0.4) is 0 Å². The zero-order chi connectivity index (χ0) is 13.6. The largest absolute Gasteiger partial charge is 0.494 e. The molecular formula is C14H18ClN3O. The number of aromatic nitrogens is 2. The Morgan fingerprint density at radius 2 is 2.21 bits per heavy atom. The van der Waals surface area contributed by atoms with Crippen LogP contribution in [0, 0.1) is 0 Å². The molecule has 2 aromatic rings. The average Bonchev–Trinajstić information content (AvgIpc) is 2.95. The van der Waals surface area contributed by atoms with Crippen molar-refractivity contribution in [3.8, 4) is 5.88 Å². The lowest BCUT2D eigenvalue weighted by atomic mass is 10.1. The van der Waals surface area contributed by atoms with Gasteiger partial charge in [0.25, 0.3) is 0 Å². The Labute approximate surface area is 117 Å². The number of imidazole rings is 1. The molecule has 5 heteroatoms. The standard InChI is InChI=1S/C14H18ClN3O/c1-9(2)17-7-6-10(8-17)14-16-13(15)11-4-3-5-12(19)18(11)14/h3-5,9-10,19H,6-8H2,1-2H3. The third kappa shape index (κ3) is 2.09. The van der Waals surface area contributed by atoms with Gasteiger partial charge >= 0.3 is 0 Å². The zero-order valence-electron chi connectivity index (χ0n) is 11.2. The normalized spacial score (nSPS) is 20.7. The fourth-order valence-corrected chi connectivity index (χ4v) is 3.08. The van der Waals surface area contributed by atoms with Crippen molar-refractivity contribution in [2.45, 2.75) is 32.2 Å². The molecule has 1 saturated heterocycles. The number of aromatic hydroxyl groups is 1. The summed E-state index contributed by atoms with van der Waals surface area (Å²) in [6.07, 6.45) is 1.06. The summed E-state index contributed by atoms with van der Waals surface area (Å²) in [6, 6.07) is 5.88. The molecule has 4 nitrogen and oxygen atoms in total. The summed E-state index contributed by atoms with van der Waals surface area (Å²) in [4.78, 5) is 6.90. The van der Waals surface area contributed by atoms with Crippen LogP contribution >= 0.6 is 11.6 Å². The summed E-state index contributed by atoms with van der Waals surface area (Å²) < 4.78 is 1.77. The lowest BCUT2D eigenvalue weighted by molar-refractivity contribution is 0.271. The Morgan fingerprint density at radius 3 is 2.89 bits per heavy atom. The number of rotatable bonds is 2. The maximum atomic E-state index is 10.1. The summed E-state index contributed by atoms with van der Waals surface area (Å²) >= 11 is 6.17. The smallest absolute Gasteiger partial charge is 0.197 e. The van der Waals surface area contributed by atoms with Crippen LogP contribution in [0.1, 0.15) is 32.0 Å². The Hall–Kier alpha value is -1.26. The van der Waals surface area contributed by atoms with E-state index in [1.165, 1.54) is 0 Å². The van der Waals surface area contributed by atoms with E-state index < -0.39 is 0 Å². The highest BCUT2D eigenvalue weighted by Gasteiger charge is 2.29. The van der Waals surface area contributed by atoms with E-state index in [0.717, 1.165) is 30.9 Å². The minimum Gasteiger partial charge on any atom is -0.494 e. The molecule has 0 amide bonds. The van der Waals surface area contributed by atoms with E-state index in [1.54, 1.807) is 16.5 Å². The first-order valence-corrected chi connectivity index (χ1v) is 7.05. The highest BCUT2D eigenvalue weighted by atomic mass is 35.5. The number of fused-ring (bicyclic) bond motifs is 1. The van der Waals surface area contributed by atoms with Gasteiger partial charge in [0.2, 0.25) is 0 Å². The monoisotopic (exact) mass is 279 g/mol. The van der Waals surface area contributed by atoms with Crippen LogP contribution in [0.4, 0.5) is 0 Å². The molecule has 19 heavy (non-hydrogen) atoms. The zero-order valence-corrected chi connectivity index (χ0v) is 11.9. The van der Waals surface area contributed by atoms with Gasteiger partial charge in [0.15, 0.2) is 11.0 Å². The molecule has 0 aromatic carbocycles. The minimum atomic E-state index is 0.204. The SMILES string of the molecule is CC(C)N1CCC(c2nc(Cl)c3cccc(O)n23)C1. The summed E-state index contributed by atoms with van der Waals surface area (Å²) in [5, 5.41) is 10.5. The maximum Gasteiger partial charge on any atom is 0.197 e. The van der Waals surface area contributed by atoms with Gasteiger partial charge in [0.05, 0.1) is 5.52 Å². The van der Waals surface area contributed by atoms with E-state index in [4.69, 9.17) is 11.6 Å². The van der Waals surface area contributed by atoms with Crippen LogP contribution in [0.5, 0.6) is 5.88 Å². The molecule has 1 N–H and O–H groups in total. The van der Waals surface area contributed by atoms with E-state index in [1.807, 2.05) is 6.07 Å². The van der Waals surface area contributed by atoms with E-state index in [2.05, 4.69) is 23.7 Å². The number of pyridine rings is 1. The number of halogens is 1. The first-order chi connectivity index (χ1) is 9.08. The van der Waals surface area contributed by atoms with Crippen molar-refractivity contribution < 1.29 is 5.11 Å². The van der Waals surface area contributed by atoms with Gasteiger partial charge in [-0.25, -0.2) is 4.98 Å². The van der Waals surface area contributed by atoms with Gasteiger partial charge in [-0.3, -0.25) is 4.40 Å². The molecular weight excluding hydrogens is 262 g/mol. The molecule has 1 aliphatic heterocycles. The topological polar surface area (TPSA) is 40.8 Å². The van der Waals surface area contributed by atoms with E-state index >= 15 is 0 Å². The van der Waals surface area contributed by atoms with Gasteiger partial charge in [-0.1, -0.05) is 17.7 Å². The molecule has 1 aliphatic rings. The van der Waals surface area contributed by atoms with Crippen LogP contribution in [0.25, 0.3) is 5.52 Å². The minimum absolute atomic E-state index is 0.204. The molecule has 1 unspecified atom stereocenters. The second-order valence-corrected chi connectivity index (χ2v) is 5.80. The molecule has 0 bridgehead atoms. The first kappa shape index (κ1) is 12.8. The second-order valence-electron chi connectivity index (χ2n) is 5.44. The molecule has 0 spiro atoms. The van der Waals surface area contributed by atoms with Gasteiger partial charge in [0.1, 0.15) is 5.82 Å². The molecule has 3 rings (SSSR count). The summed E-state index contributed by atoms with van der Waals surface area (Å²) in [5.74, 6) is 1.41. The predicted octanol–water partition coefficient (Wildman–Crippen LogP) is 2.89. The third-order valence-corrected chi connectivity index (χ3v) is 4.22. The van der Waals surface area contributed by atoms with Crippen molar-refractivity contribution in [1.29, 1.82) is 0 Å². The molecule has 3 heterocycles. The van der Waals surface area contributed by atoms with Crippen LogP contribution in [0.2, 0.25) is 5.15 Å². The lowest BCUT2D eigenvalue weighted by Gasteiger charge is -2.19. The second kappa shape index (κ2) is 4.69. The van der Waals surface area contributed by atoms with Crippen LogP contribution in [-0.4, -0.2) is 38.5 Å². The molecule has 1 fully saturated rings. The molecule has 102 valence electrons. The predicted molar refractivity (Wildman–Crippen MR) is 75.9 cm³/mol. The Bertz CT molecular complexity index is 608. The fourth-order valence-electron chi connectivity index (χ4n) is 2.85. The van der Waals surface area contributed by atoms with Crippen LogP contribution in [-0.2, 0) is 0 Å². The van der Waals surface area contributed by atoms with Crippen molar-refractivity contribution in [2.75, 3.05) is 13.1 Å². The number of hydrogen-bond donors (Lipinski definition) is 1. The van der Waals surface area contributed by atoms with E-state index in [0.29, 0.717) is 17.1 Å². The highest BCUT2D eigenvalue weighted by Crippen LogP contribution is 2.32. The molecule has 1 atom stereocenters. The average molecular weight is 280 g/mol. The van der Waals surface area contributed by atoms with Crippen molar-refractivity contribution in [1.82, 2.24) is 14.3 Å². The lowest BCUT2D eigenvalue weighted by Crippen LogP contribution is -2.28. The Morgan fingerprint density at radius 1 is 1.42 bits per heavy atom. The van der Waals surface area contributed by atoms with Gasteiger partial charge < -0.3 is 10.0 Å². The molecule has 0 saturated carbocycles. The number of hydrogen-bond acceptors (Lipinski definition) is 3. The summed E-state index contributed by atoms with van der Waals surface area (Å²) in [7, 11) is 0. The quantitative estimate of drug-likeness (QED) is 0.919. The highest BCUT2D eigenvalue weighted by molar-refractivity contribution is 6.32. The van der Waals surface area contributed by atoms with Gasteiger partial charge in [-0.15, -0.1) is 0 Å². The Kier molecular flexibility index (Phi) is 3.15. The molecule has 2 aromatic heterocycles. The summed E-state index contributed by atoms with van der Waals surface area (Å²) in [6.45, 7) is 6.46. The van der Waals surface area contributed by atoms with Crippen LogP contribution < -0.4 is 0 Å². The fraction of sp³-hybridized carbons (Fsp3) is 0.500. The van der Waals surface area contributed by atoms with Crippen molar-refractivity contribution in [3.05, 3.63) is 29.2 Å². The maximum absolute atomic E-state index is 10.1. The molecule has 0 aliphatic carbocycles. The number of nitrogens with zero attached hydrogens (tertiary/aromatic N) is 3. The Balaban J connectivity index is 2.02. The van der Waals surface area contributed by atoms with Gasteiger partial charge in [0, 0.05) is 18.5 Å². The van der Waals surface area contributed by atoms with Gasteiger partial charge in [-0.05, 0) is 38.9 Å². The van der Waals surface area contributed by atoms with Crippen molar-refractivity contribution in [2.24, 2.45) is 0 Å². The first-order valence-electron chi connectivity index (χ1n) is 6.68. The van der Waals surface area contributed by atoms with E-state index in [9.17, 15) is 5.11 Å². The van der Waals surface area contributed by atoms with Crippen LogP contribution in [0.15, 0.2) is 18.2 Å².